The molecule has 3 aromatic rings. The molecule has 2 heterocycles. The molecule has 0 atom stereocenters. The summed E-state index contributed by atoms with van der Waals surface area (Å²) in [6.07, 6.45) is 0. The van der Waals surface area contributed by atoms with Crippen LogP contribution in [0.25, 0.3) is 11.4 Å². The Balaban J connectivity index is 1.30. The fraction of sp³-hybridized carbons (Fsp3) is 0.364. The number of aryl methyl sites for hydroxylation is 1. The molecule has 0 bridgehead atoms. The first-order valence-corrected chi connectivity index (χ1v) is 9.78. The van der Waals surface area contributed by atoms with Gasteiger partial charge in [0, 0.05) is 38.3 Å². The molecule has 0 N–H and O–H groups in total. The smallest absolute Gasteiger partial charge is 0.241 e. The van der Waals surface area contributed by atoms with Crippen LogP contribution < -0.4 is 4.74 Å². The van der Waals surface area contributed by atoms with Crippen LogP contribution in [-0.4, -0.2) is 53.2 Å². The monoisotopic (exact) mass is 396 g/mol. The lowest BCUT2D eigenvalue weighted by Gasteiger charge is -2.33. The lowest BCUT2D eigenvalue weighted by atomic mass is 10.1. The second kappa shape index (κ2) is 8.71. The molecule has 1 saturated heterocycles. The average Bonchev–Trinajstić information content (AvgIpc) is 3.18. The van der Waals surface area contributed by atoms with Gasteiger partial charge in [-0.15, -0.1) is 0 Å². The normalized spacial score (nSPS) is 15.6. The van der Waals surface area contributed by atoms with Crippen molar-refractivity contribution in [3.63, 3.8) is 0 Å². The van der Waals surface area contributed by atoms with Crippen molar-refractivity contribution in [1.82, 2.24) is 19.9 Å². The quantitative estimate of drug-likeness (QED) is 0.636. The lowest BCUT2D eigenvalue weighted by molar-refractivity contribution is 0.112. The van der Waals surface area contributed by atoms with Crippen LogP contribution in [0.15, 0.2) is 47.0 Å². The Bertz CT molecular complexity index is 967. The predicted molar refractivity (Wildman–Crippen MR) is 108 cm³/mol. The molecule has 0 radical (unpaired) electrons. The third-order valence-electron chi connectivity index (χ3n) is 5.30. The van der Waals surface area contributed by atoms with E-state index in [0.29, 0.717) is 18.3 Å². The number of methoxy groups -OCH3 is 1. The Labute approximate surface area is 169 Å². The zero-order valence-corrected chi connectivity index (χ0v) is 16.8. The van der Waals surface area contributed by atoms with Gasteiger partial charge in [-0.1, -0.05) is 35.5 Å². The van der Waals surface area contributed by atoms with Gasteiger partial charge in [0.05, 0.1) is 13.7 Å². The second-order valence-corrected chi connectivity index (χ2v) is 7.35. The Morgan fingerprint density at radius 3 is 2.45 bits per heavy atom. The first kappa shape index (κ1) is 19.5. The standard InChI is InChI=1S/C22H25FN4O2/c1-16-5-3-4-6-18(16)22-24-21(29-25-22)15-27-11-9-26(10-12-27)14-17-7-8-20(28-2)19(23)13-17/h3-8,13H,9-12,14-15H2,1-2H3. The Morgan fingerprint density at radius 2 is 1.76 bits per heavy atom. The number of hydrogen-bond acceptors (Lipinski definition) is 6. The van der Waals surface area contributed by atoms with E-state index in [1.807, 2.05) is 37.3 Å². The van der Waals surface area contributed by atoms with E-state index in [2.05, 4.69) is 19.9 Å². The van der Waals surface area contributed by atoms with Gasteiger partial charge in [-0.25, -0.2) is 4.39 Å². The average molecular weight is 396 g/mol. The Hall–Kier alpha value is -2.77. The van der Waals surface area contributed by atoms with E-state index in [9.17, 15) is 4.39 Å². The topological polar surface area (TPSA) is 54.6 Å². The summed E-state index contributed by atoms with van der Waals surface area (Å²) in [5.41, 5.74) is 3.08. The number of rotatable bonds is 6. The summed E-state index contributed by atoms with van der Waals surface area (Å²) >= 11 is 0. The minimum atomic E-state index is -0.315. The number of benzene rings is 2. The summed E-state index contributed by atoms with van der Waals surface area (Å²) in [5, 5.41) is 4.14. The van der Waals surface area contributed by atoms with Gasteiger partial charge in [0.2, 0.25) is 11.7 Å². The number of hydrogen-bond donors (Lipinski definition) is 0. The molecule has 1 aliphatic heterocycles. The highest BCUT2D eigenvalue weighted by Gasteiger charge is 2.20. The third kappa shape index (κ3) is 4.63. The molecule has 1 aromatic heterocycles. The van der Waals surface area contributed by atoms with Crippen LogP contribution in [0.4, 0.5) is 4.39 Å². The summed E-state index contributed by atoms with van der Waals surface area (Å²) in [6.45, 7) is 7.04. The molecule has 0 spiro atoms. The summed E-state index contributed by atoms with van der Waals surface area (Å²) in [7, 11) is 1.48. The SMILES string of the molecule is COc1ccc(CN2CCN(Cc3nc(-c4ccccc4C)no3)CC2)cc1F. The van der Waals surface area contributed by atoms with Crippen molar-refractivity contribution in [3.8, 4) is 17.1 Å². The Kier molecular flexibility index (Phi) is 5.87. The van der Waals surface area contributed by atoms with Crippen molar-refractivity contribution in [2.75, 3.05) is 33.3 Å². The highest BCUT2D eigenvalue weighted by molar-refractivity contribution is 5.58. The summed E-state index contributed by atoms with van der Waals surface area (Å²) in [6, 6.07) is 13.2. The van der Waals surface area contributed by atoms with Crippen LogP contribution in [0.1, 0.15) is 17.0 Å². The molecule has 0 aliphatic carbocycles. The number of nitrogens with zero attached hydrogens (tertiary/aromatic N) is 4. The lowest BCUT2D eigenvalue weighted by Crippen LogP contribution is -2.45. The van der Waals surface area contributed by atoms with Gasteiger partial charge in [-0.2, -0.15) is 4.98 Å². The molecule has 0 unspecified atom stereocenters. The first-order valence-electron chi connectivity index (χ1n) is 9.78. The van der Waals surface area contributed by atoms with Crippen molar-refractivity contribution in [3.05, 3.63) is 65.3 Å². The van der Waals surface area contributed by atoms with Crippen LogP contribution >= 0.6 is 0 Å². The van der Waals surface area contributed by atoms with Crippen LogP contribution in [0.5, 0.6) is 5.75 Å². The van der Waals surface area contributed by atoms with Crippen LogP contribution in [0.2, 0.25) is 0 Å². The first-order chi connectivity index (χ1) is 14.1. The molecule has 4 rings (SSSR count). The molecule has 29 heavy (non-hydrogen) atoms. The predicted octanol–water partition coefficient (Wildman–Crippen LogP) is 3.51. The molecule has 1 aliphatic rings. The van der Waals surface area contributed by atoms with Gasteiger partial charge in [0.1, 0.15) is 0 Å². The minimum absolute atomic E-state index is 0.281. The fourth-order valence-corrected chi connectivity index (χ4v) is 3.62. The van der Waals surface area contributed by atoms with Crippen LogP contribution in [0, 0.1) is 12.7 Å². The van der Waals surface area contributed by atoms with E-state index in [0.717, 1.165) is 49.4 Å². The zero-order valence-electron chi connectivity index (χ0n) is 16.8. The summed E-state index contributed by atoms with van der Waals surface area (Å²) in [4.78, 5) is 9.19. The number of halogens is 1. The fourth-order valence-electron chi connectivity index (χ4n) is 3.62. The highest BCUT2D eigenvalue weighted by atomic mass is 19.1. The van der Waals surface area contributed by atoms with E-state index in [4.69, 9.17) is 9.26 Å². The van der Waals surface area contributed by atoms with Crippen molar-refractivity contribution < 1.29 is 13.7 Å². The second-order valence-electron chi connectivity index (χ2n) is 7.35. The van der Waals surface area contributed by atoms with Crippen LogP contribution in [0.3, 0.4) is 0 Å². The van der Waals surface area contributed by atoms with E-state index in [1.54, 1.807) is 12.1 Å². The molecule has 2 aromatic carbocycles. The minimum Gasteiger partial charge on any atom is -0.494 e. The maximum atomic E-state index is 13.9. The summed E-state index contributed by atoms with van der Waals surface area (Å²) in [5.74, 6) is 1.24. The van der Waals surface area contributed by atoms with Gasteiger partial charge >= 0.3 is 0 Å². The van der Waals surface area contributed by atoms with Crippen molar-refractivity contribution in [2.45, 2.75) is 20.0 Å². The number of piperazine rings is 1. The third-order valence-corrected chi connectivity index (χ3v) is 5.30. The van der Waals surface area contributed by atoms with Gasteiger partial charge in [0.15, 0.2) is 11.6 Å². The largest absolute Gasteiger partial charge is 0.494 e. The zero-order chi connectivity index (χ0) is 20.2. The molecular formula is C22H25FN4O2. The molecule has 0 saturated carbocycles. The van der Waals surface area contributed by atoms with Gasteiger partial charge < -0.3 is 9.26 Å². The Morgan fingerprint density at radius 1 is 1.03 bits per heavy atom. The molecule has 7 heteroatoms. The highest BCUT2D eigenvalue weighted by Crippen LogP contribution is 2.21. The van der Waals surface area contributed by atoms with E-state index in [-0.39, 0.29) is 11.6 Å². The molecule has 1 fully saturated rings. The van der Waals surface area contributed by atoms with Crippen LogP contribution in [-0.2, 0) is 13.1 Å². The van der Waals surface area contributed by atoms with Gasteiger partial charge in [0.25, 0.3) is 0 Å². The van der Waals surface area contributed by atoms with E-state index in [1.165, 1.54) is 7.11 Å². The van der Waals surface area contributed by atoms with E-state index < -0.39 is 0 Å². The number of ether oxygens (including phenoxy) is 1. The van der Waals surface area contributed by atoms with Crippen molar-refractivity contribution >= 4 is 0 Å². The van der Waals surface area contributed by atoms with Crippen molar-refractivity contribution in [1.29, 1.82) is 0 Å². The maximum absolute atomic E-state index is 13.9. The molecular weight excluding hydrogens is 371 g/mol. The summed E-state index contributed by atoms with van der Waals surface area (Å²) < 4.78 is 24.3. The van der Waals surface area contributed by atoms with Crippen molar-refractivity contribution in [2.24, 2.45) is 0 Å². The molecule has 0 amide bonds. The van der Waals surface area contributed by atoms with Gasteiger partial charge in [-0.05, 0) is 30.2 Å². The van der Waals surface area contributed by atoms with Gasteiger partial charge in [-0.3, -0.25) is 9.80 Å². The van der Waals surface area contributed by atoms with E-state index >= 15 is 0 Å². The molecule has 152 valence electrons. The maximum Gasteiger partial charge on any atom is 0.241 e. The molecule has 6 nitrogen and oxygen atoms in total. The number of aromatic nitrogens is 2.